The molecule has 1 atom stereocenters. The first-order valence-corrected chi connectivity index (χ1v) is 5.70. The van der Waals surface area contributed by atoms with Crippen LogP contribution in [-0.4, -0.2) is 12.6 Å². The van der Waals surface area contributed by atoms with Crippen molar-refractivity contribution in [3.63, 3.8) is 0 Å². The Hall–Kier alpha value is -0.530. The lowest BCUT2D eigenvalue weighted by Gasteiger charge is -2.23. The maximum absolute atomic E-state index is 5.94. The molecule has 0 saturated carbocycles. The Morgan fingerprint density at radius 1 is 1.36 bits per heavy atom. The van der Waals surface area contributed by atoms with Crippen LogP contribution in [0, 0.1) is 0 Å². The van der Waals surface area contributed by atoms with Crippen LogP contribution in [0.3, 0.4) is 0 Å². The molecule has 0 amide bonds. The van der Waals surface area contributed by atoms with Gasteiger partial charge in [0.25, 0.3) is 0 Å². The highest BCUT2D eigenvalue weighted by Gasteiger charge is 2.12. The Balaban J connectivity index is 1.95. The van der Waals surface area contributed by atoms with Gasteiger partial charge in [0.05, 0.1) is 0 Å². The SMILES string of the molecule is Clc1cccc(C[C@@H]2CCCCN2)c1. The van der Waals surface area contributed by atoms with E-state index in [1.54, 1.807) is 0 Å². The summed E-state index contributed by atoms with van der Waals surface area (Å²) in [6.07, 6.45) is 5.09. The van der Waals surface area contributed by atoms with Crippen LogP contribution in [0.1, 0.15) is 24.8 Å². The minimum Gasteiger partial charge on any atom is -0.314 e. The lowest BCUT2D eigenvalue weighted by Crippen LogP contribution is -2.35. The second-order valence-corrected chi connectivity index (χ2v) is 4.42. The molecule has 14 heavy (non-hydrogen) atoms. The lowest BCUT2D eigenvalue weighted by atomic mass is 9.98. The fraction of sp³-hybridized carbons (Fsp3) is 0.500. The van der Waals surface area contributed by atoms with E-state index in [1.165, 1.54) is 31.4 Å². The van der Waals surface area contributed by atoms with E-state index in [4.69, 9.17) is 11.6 Å². The molecule has 1 aliphatic rings. The van der Waals surface area contributed by atoms with Crippen molar-refractivity contribution in [3.05, 3.63) is 34.9 Å². The van der Waals surface area contributed by atoms with Crippen molar-refractivity contribution < 1.29 is 0 Å². The summed E-state index contributed by atoms with van der Waals surface area (Å²) in [5.74, 6) is 0. The molecule has 0 aromatic heterocycles. The lowest BCUT2D eigenvalue weighted by molar-refractivity contribution is 0.399. The van der Waals surface area contributed by atoms with Gasteiger partial charge in [0, 0.05) is 11.1 Å². The Labute approximate surface area is 90.5 Å². The van der Waals surface area contributed by atoms with Crippen molar-refractivity contribution in [2.75, 3.05) is 6.54 Å². The number of benzene rings is 1. The highest BCUT2D eigenvalue weighted by atomic mass is 35.5. The molecule has 0 spiro atoms. The third kappa shape index (κ3) is 2.73. The molecule has 0 unspecified atom stereocenters. The van der Waals surface area contributed by atoms with Gasteiger partial charge in [-0.1, -0.05) is 30.2 Å². The molecule has 76 valence electrons. The number of halogens is 1. The molecule has 1 saturated heterocycles. The van der Waals surface area contributed by atoms with Crippen LogP contribution in [0.5, 0.6) is 0 Å². The van der Waals surface area contributed by atoms with E-state index >= 15 is 0 Å². The monoisotopic (exact) mass is 209 g/mol. The average Bonchev–Trinajstić information content (AvgIpc) is 2.19. The largest absolute Gasteiger partial charge is 0.314 e. The Bertz CT molecular complexity index is 292. The first kappa shape index (κ1) is 10.0. The molecule has 1 aromatic rings. The van der Waals surface area contributed by atoms with Crippen LogP contribution in [-0.2, 0) is 6.42 Å². The summed E-state index contributed by atoms with van der Waals surface area (Å²) in [4.78, 5) is 0. The van der Waals surface area contributed by atoms with Crippen LogP contribution in [0.4, 0.5) is 0 Å². The summed E-state index contributed by atoms with van der Waals surface area (Å²) in [5, 5.41) is 4.39. The van der Waals surface area contributed by atoms with Gasteiger partial charge in [-0.3, -0.25) is 0 Å². The quantitative estimate of drug-likeness (QED) is 0.790. The van der Waals surface area contributed by atoms with Crippen molar-refractivity contribution in [1.29, 1.82) is 0 Å². The smallest absolute Gasteiger partial charge is 0.0408 e. The summed E-state index contributed by atoms with van der Waals surface area (Å²) in [7, 11) is 0. The van der Waals surface area contributed by atoms with Gasteiger partial charge in [-0.05, 0) is 43.5 Å². The first-order chi connectivity index (χ1) is 6.84. The number of rotatable bonds is 2. The molecular formula is C12H16ClN. The molecule has 1 aromatic carbocycles. The number of nitrogens with one attached hydrogen (secondary N) is 1. The van der Waals surface area contributed by atoms with Crippen molar-refractivity contribution >= 4 is 11.6 Å². The Morgan fingerprint density at radius 3 is 3.00 bits per heavy atom. The maximum Gasteiger partial charge on any atom is 0.0408 e. The number of hydrogen-bond acceptors (Lipinski definition) is 1. The molecule has 1 N–H and O–H groups in total. The van der Waals surface area contributed by atoms with Gasteiger partial charge >= 0.3 is 0 Å². The van der Waals surface area contributed by atoms with Crippen LogP contribution in [0.25, 0.3) is 0 Å². The van der Waals surface area contributed by atoms with E-state index < -0.39 is 0 Å². The summed E-state index contributed by atoms with van der Waals surface area (Å²) >= 11 is 5.94. The first-order valence-electron chi connectivity index (χ1n) is 5.32. The fourth-order valence-electron chi connectivity index (χ4n) is 2.05. The van der Waals surface area contributed by atoms with Gasteiger partial charge in [0.15, 0.2) is 0 Å². The predicted octanol–water partition coefficient (Wildman–Crippen LogP) is 3.02. The van der Waals surface area contributed by atoms with Crippen molar-refractivity contribution in [2.24, 2.45) is 0 Å². The van der Waals surface area contributed by atoms with Crippen molar-refractivity contribution in [1.82, 2.24) is 5.32 Å². The van der Waals surface area contributed by atoms with E-state index in [2.05, 4.69) is 17.4 Å². The van der Waals surface area contributed by atoms with E-state index in [1.807, 2.05) is 12.1 Å². The zero-order chi connectivity index (χ0) is 9.80. The highest BCUT2D eigenvalue weighted by molar-refractivity contribution is 6.30. The normalized spacial score (nSPS) is 22.2. The van der Waals surface area contributed by atoms with Gasteiger partial charge in [-0.15, -0.1) is 0 Å². The average molecular weight is 210 g/mol. The standard InChI is InChI=1S/C12H16ClN/c13-11-5-3-4-10(8-11)9-12-6-1-2-7-14-12/h3-5,8,12,14H,1-2,6-7,9H2/t12-/m0/s1. The van der Waals surface area contributed by atoms with Crippen LogP contribution >= 0.6 is 11.6 Å². The minimum absolute atomic E-state index is 0.655. The van der Waals surface area contributed by atoms with Crippen LogP contribution in [0.15, 0.2) is 24.3 Å². The molecule has 1 heterocycles. The molecule has 2 rings (SSSR count). The van der Waals surface area contributed by atoms with E-state index in [0.717, 1.165) is 11.4 Å². The molecule has 0 aliphatic carbocycles. The zero-order valence-corrected chi connectivity index (χ0v) is 9.06. The predicted molar refractivity (Wildman–Crippen MR) is 60.8 cm³/mol. The molecular weight excluding hydrogens is 194 g/mol. The van der Waals surface area contributed by atoms with Gasteiger partial charge in [-0.2, -0.15) is 0 Å². The topological polar surface area (TPSA) is 12.0 Å². The Morgan fingerprint density at radius 2 is 2.29 bits per heavy atom. The third-order valence-corrected chi connectivity index (χ3v) is 3.02. The summed E-state index contributed by atoms with van der Waals surface area (Å²) in [5.41, 5.74) is 1.34. The summed E-state index contributed by atoms with van der Waals surface area (Å²) in [6, 6.07) is 8.84. The van der Waals surface area contributed by atoms with E-state index in [0.29, 0.717) is 6.04 Å². The molecule has 2 heteroatoms. The Kier molecular flexibility index (Phi) is 3.44. The maximum atomic E-state index is 5.94. The molecule has 1 aliphatic heterocycles. The molecule has 0 radical (unpaired) electrons. The summed E-state index contributed by atoms with van der Waals surface area (Å²) < 4.78 is 0. The molecule has 0 bridgehead atoms. The fourth-order valence-corrected chi connectivity index (χ4v) is 2.26. The second-order valence-electron chi connectivity index (χ2n) is 3.98. The van der Waals surface area contributed by atoms with Crippen molar-refractivity contribution in [2.45, 2.75) is 31.7 Å². The number of piperidine rings is 1. The third-order valence-electron chi connectivity index (χ3n) is 2.78. The van der Waals surface area contributed by atoms with Crippen molar-refractivity contribution in [3.8, 4) is 0 Å². The van der Waals surface area contributed by atoms with Crippen LogP contribution in [0.2, 0.25) is 5.02 Å². The van der Waals surface area contributed by atoms with Gasteiger partial charge in [0.1, 0.15) is 0 Å². The van der Waals surface area contributed by atoms with Crippen LogP contribution < -0.4 is 5.32 Å². The molecule has 1 fully saturated rings. The van der Waals surface area contributed by atoms with Gasteiger partial charge < -0.3 is 5.32 Å². The van der Waals surface area contributed by atoms with Gasteiger partial charge in [0.2, 0.25) is 0 Å². The van der Waals surface area contributed by atoms with E-state index in [-0.39, 0.29) is 0 Å². The second kappa shape index (κ2) is 4.81. The zero-order valence-electron chi connectivity index (χ0n) is 8.30. The van der Waals surface area contributed by atoms with E-state index in [9.17, 15) is 0 Å². The summed E-state index contributed by atoms with van der Waals surface area (Å²) in [6.45, 7) is 1.17. The highest BCUT2D eigenvalue weighted by Crippen LogP contribution is 2.15. The number of hydrogen-bond donors (Lipinski definition) is 1. The minimum atomic E-state index is 0.655. The molecule has 1 nitrogen and oxygen atoms in total. The van der Waals surface area contributed by atoms with Gasteiger partial charge in [-0.25, -0.2) is 0 Å².